The molecular weight excluding hydrogens is 186 g/mol. The largest absolute Gasteiger partial charge is 0.499 e. The Kier molecular flexibility index (Phi) is 3.31. The van der Waals surface area contributed by atoms with Gasteiger partial charge in [-0.05, 0) is 17.4 Å². The average Bonchev–Trinajstić information content (AvgIpc) is 2.47. The second-order valence-electron chi connectivity index (χ2n) is 3.24. The second kappa shape index (κ2) is 4.28. The number of thiophene rings is 1. The summed E-state index contributed by atoms with van der Waals surface area (Å²) in [5.74, 6) is 0.220. The standard InChI is InChI=1S/C9H13NO2S/c1-6(2)5-10-8(11)7-3-4-13-9(7)12/h3-4,6,12H,5H2,1-2H3,(H,10,11). The molecule has 4 heteroatoms. The van der Waals surface area contributed by atoms with E-state index in [4.69, 9.17) is 0 Å². The quantitative estimate of drug-likeness (QED) is 0.780. The van der Waals surface area contributed by atoms with Crippen molar-refractivity contribution in [3.63, 3.8) is 0 Å². The average molecular weight is 199 g/mol. The van der Waals surface area contributed by atoms with Crippen LogP contribution in [0.15, 0.2) is 11.4 Å². The maximum absolute atomic E-state index is 11.4. The minimum atomic E-state index is -0.201. The van der Waals surface area contributed by atoms with Gasteiger partial charge in [-0.25, -0.2) is 0 Å². The van der Waals surface area contributed by atoms with Crippen molar-refractivity contribution in [1.29, 1.82) is 0 Å². The molecule has 0 saturated heterocycles. The van der Waals surface area contributed by atoms with Crippen molar-refractivity contribution in [2.24, 2.45) is 5.92 Å². The predicted molar refractivity (Wildman–Crippen MR) is 53.2 cm³/mol. The molecule has 2 N–H and O–H groups in total. The van der Waals surface area contributed by atoms with Crippen LogP contribution >= 0.6 is 11.3 Å². The van der Waals surface area contributed by atoms with E-state index in [-0.39, 0.29) is 11.0 Å². The van der Waals surface area contributed by atoms with Gasteiger partial charge in [0, 0.05) is 6.54 Å². The predicted octanol–water partition coefficient (Wildman–Crippen LogP) is 1.84. The molecule has 1 heterocycles. The minimum absolute atomic E-state index is 0.0845. The Labute approximate surface area is 81.4 Å². The number of aromatic hydroxyl groups is 1. The summed E-state index contributed by atoms with van der Waals surface area (Å²) in [7, 11) is 0. The Morgan fingerprint density at radius 3 is 2.85 bits per heavy atom. The molecule has 13 heavy (non-hydrogen) atoms. The van der Waals surface area contributed by atoms with Gasteiger partial charge >= 0.3 is 0 Å². The van der Waals surface area contributed by atoms with E-state index < -0.39 is 0 Å². The van der Waals surface area contributed by atoms with Crippen LogP contribution in [0, 0.1) is 5.92 Å². The van der Waals surface area contributed by atoms with Crippen molar-refractivity contribution in [3.8, 4) is 5.06 Å². The van der Waals surface area contributed by atoms with E-state index in [1.165, 1.54) is 0 Å². The van der Waals surface area contributed by atoms with E-state index in [1.54, 1.807) is 11.4 Å². The third-order valence-electron chi connectivity index (χ3n) is 1.56. The van der Waals surface area contributed by atoms with Gasteiger partial charge in [0.25, 0.3) is 5.91 Å². The molecule has 0 aliphatic rings. The van der Waals surface area contributed by atoms with Gasteiger partial charge in [-0.1, -0.05) is 13.8 Å². The first-order chi connectivity index (χ1) is 6.11. The van der Waals surface area contributed by atoms with E-state index in [0.29, 0.717) is 18.0 Å². The first-order valence-electron chi connectivity index (χ1n) is 4.16. The zero-order valence-electron chi connectivity index (χ0n) is 7.70. The van der Waals surface area contributed by atoms with Crippen LogP contribution in [0.4, 0.5) is 0 Å². The number of hydrogen-bond acceptors (Lipinski definition) is 3. The number of rotatable bonds is 3. The second-order valence-corrected chi connectivity index (χ2v) is 4.14. The third kappa shape index (κ3) is 2.73. The minimum Gasteiger partial charge on any atom is -0.499 e. The van der Waals surface area contributed by atoms with Crippen molar-refractivity contribution in [3.05, 3.63) is 17.0 Å². The SMILES string of the molecule is CC(C)CNC(=O)c1ccsc1O. The molecule has 0 aliphatic heterocycles. The van der Waals surface area contributed by atoms with Crippen LogP contribution in [0.3, 0.4) is 0 Å². The van der Waals surface area contributed by atoms with Crippen LogP contribution in [-0.2, 0) is 0 Å². The lowest BCUT2D eigenvalue weighted by atomic mass is 10.2. The Morgan fingerprint density at radius 1 is 1.69 bits per heavy atom. The fourth-order valence-electron chi connectivity index (χ4n) is 0.866. The lowest BCUT2D eigenvalue weighted by Gasteiger charge is -2.06. The molecule has 0 bridgehead atoms. The van der Waals surface area contributed by atoms with Crippen LogP contribution in [0.2, 0.25) is 0 Å². The van der Waals surface area contributed by atoms with Crippen LogP contribution in [0.1, 0.15) is 24.2 Å². The molecule has 1 aromatic heterocycles. The van der Waals surface area contributed by atoms with Crippen LogP contribution < -0.4 is 5.32 Å². The summed E-state index contributed by atoms with van der Waals surface area (Å²) >= 11 is 1.16. The van der Waals surface area contributed by atoms with Gasteiger partial charge in [0.15, 0.2) is 5.06 Å². The molecule has 0 aliphatic carbocycles. The zero-order valence-corrected chi connectivity index (χ0v) is 8.52. The Bertz CT molecular complexity index is 294. The van der Waals surface area contributed by atoms with Gasteiger partial charge in [0.05, 0.1) is 5.56 Å². The van der Waals surface area contributed by atoms with Gasteiger partial charge < -0.3 is 10.4 Å². The Morgan fingerprint density at radius 2 is 2.38 bits per heavy atom. The van der Waals surface area contributed by atoms with Crippen molar-refractivity contribution < 1.29 is 9.90 Å². The summed E-state index contributed by atoms with van der Waals surface area (Å²) < 4.78 is 0. The monoisotopic (exact) mass is 199 g/mol. The fraction of sp³-hybridized carbons (Fsp3) is 0.444. The third-order valence-corrected chi connectivity index (χ3v) is 2.28. The molecule has 3 nitrogen and oxygen atoms in total. The zero-order chi connectivity index (χ0) is 9.84. The summed E-state index contributed by atoms with van der Waals surface area (Å²) in [5, 5.41) is 13.8. The number of nitrogens with one attached hydrogen (secondary N) is 1. The van der Waals surface area contributed by atoms with Gasteiger partial charge in [-0.15, -0.1) is 11.3 Å². The fourth-order valence-corrected chi connectivity index (χ4v) is 1.49. The van der Waals surface area contributed by atoms with Crippen molar-refractivity contribution in [2.45, 2.75) is 13.8 Å². The first kappa shape index (κ1) is 10.1. The highest BCUT2D eigenvalue weighted by Crippen LogP contribution is 2.23. The smallest absolute Gasteiger partial charge is 0.255 e. The van der Waals surface area contributed by atoms with E-state index in [9.17, 15) is 9.90 Å². The molecule has 0 fully saturated rings. The van der Waals surface area contributed by atoms with Crippen LogP contribution in [0.5, 0.6) is 5.06 Å². The van der Waals surface area contributed by atoms with Crippen LogP contribution in [-0.4, -0.2) is 17.6 Å². The van der Waals surface area contributed by atoms with Crippen molar-refractivity contribution >= 4 is 17.2 Å². The van der Waals surface area contributed by atoms with Crippen molar-refractivity contribution in [1.82, 2.24) is 5.32 Å². The number of carbonyl (C=O) groups excluding carboxylic acids is 1. The maximum atomic E-state index is 11.4. The molecule has 72 valence electrons. The van der Waals surface area contributed by atoms with E-state index in [0.717, 1.165) is 11.3 Å². The van der Waals surface area contributed by atoms with E-state index in [2.05, 4.69) is 5.32 Å². The molecule has 0 unspecified atom stereocenters. The summed E-state index contributed by atoms with van der Waals surface area (Å²) in [4.78, 5) is 11.4. The van der Waals surface area contributed by atoms with Gasteiger partial charge in [0.2, 0.25) is 0 Å². The van der Waals surface area contributed by atoms with Gasteiger partial charge in [-0.3, -0.25) is 4.79 Å². The lowest BCUT2D eigenvalue weighted by Crippen LogP contribution is -2.26. The highest BCUT2D eigenvalue weighted by molar-refractivity contribution is 7.12. The molecule has 0 spiro atoms. The molecule has 1 rings (SSSR count). The highest BCUT2D eigenvalue weighted by atomic mass is 32.1. The molecule has 1 aromatic rings. The van der Waals surface area contributed by atoms with E-state index >= 15 is 0 Å². The molecule has 1 amide bonds. The number of carbonyl (C=O) groups is 1. The first-order valence-corrected chi connectivity index (χ1v) is 5.04. The topological polar surface area (TPSA) is 49.3 Å². The summed E-state index contributed by atoms with van der Waals surface area (Å²) in [6.07, 6.45) is 0. The van der Waals surface area contributed by atoms with Crippen molar-refractivity contribution in [2.75, 3.05) is 6.54 Å². The van der Waals surface area contributed by atoms with Gasteiger partial charge in [0.1, 0.15) is 0 Å². The summed E-state index contributed by atoms with van der Waals surface area (Å²) in [6.45, 7) is 4.68. The summed E-state index contributed by atoms with van der Waals surface area (Å²) in [5.41, 5.74) is 0.366. The maximum Gasteiger partial charge on any atom is 0.255 e. The molecule has 0 atom stereocenters. The lowest BCUT2D eigenvalue weighted by molar-refractivity contribution is 0.0947. The van der Waals surface area contributed by atoms with Crippen LogP contribution in [0.25, 0.3) is 0 Å². The molecule has 0 saturated carbocycles. The molecule has 0 aromatic carbocycles. The Hall–Kier alpha value is -1.03. The number of hydrogen-bond donors (Lipinski definition) is 2. The summed E-state index contributed by atoms with van der Waals surface area (Å²) in [6, 6.07) is 1.62. The molecular formula is C9H13NO2S. The normalized spacial score (nSPS) is 10.4. The highest BCUT2D eigenvalue weighted by Gasteiger charge is 2.11. The molecule has 0 radical (unpaired) electrons. The van der Waals surface area contributed by atoms with E-state index in [1.807, 2.05) is 13.8 Å². The van der Waals surface area contributed by atoms with Gasteiger partial charge in [-0.2, -0.15) is 0 Å². The number of amides is 1. The Balaban J connectivity index is 2.54.